The molecule has 23 heavy (non-hydrogen) atoms. The summed E-state index contributed by atoms with van der Waals surface area (Å²) in [6.07, 6.45) is 0. The first-order chi connectivity index (χ1) is 11.0. The van der Waals surface area contributed by atoms with Crippen LogP contribution in [-0.2, 0) is 14.4 Å². The summed E-state index contributed by atoms with van der Waals surface area (Å²) in [7, 11) is 0. The van der Waals surface area contributed by atoms with E-state index in [9.17, 15) is 19.5 Å². The Hall–Kier alpha value is -2.25. The van der Waals surface area contributed by atoms with E-state index in [1.807, 2.05) is 0 Å². The van der Waals surface area contributed by atoms with Gasteiger partial charge in [-0.05, 0) is 24.3 Å². The molecule has 0 aliphatic rings. The molecule has 0 radical (unpaired) electrons. The predicted octanol–water partition coefficient (Wildman–Crippen LogP) is 3.01. The second-order valence-electron chi connectivity index (χ2n) is 4.39. The highest BCUT2D eigenvalue weighted by Gasteiger charge is 2.52. The lowest BCUT2D eigenvalue weighted by Gasteiger charge is -2.25. The molecule has 0 amide bonds. The van der Waals surface area contributed by atoms with E-state index in [0.717, 1.165) is 0 Å². The standard InChI is InChI=1S/C16H12O5S2/c17-13(14(18)19)16(15(20)21,22-11-7-3-1-4-8-11)23-12-9-5-2-6-10-12/h1-10H,(H,18,19)(H,20,21). The SMILES string of the molecule is O=C(O)C(=O)C(Sc1ccccc1)(Sc1ccccc1)C(=O)O. The molecule has 0 unspecified atom stereocenters. The van der Waals surface area contributed by atoms with Crippen molar-refractivity contribution in [2.45, 2.75) is 13.9 Å². The Bertz CT molecular complexity index is 674. The number of carboxylic acids is 2. The molecule has 0 aromatic heterocycles. The van der Waals surface area contributed by atoms with E-state index < -0.39 is 21.8 Å². The monoisotopic (exact) mass is 348 g/mol. The van der Waals surface area contributed by atoms with E-state index >= 15 is 0 Å². The van der Waals surface area contributed by atoms with Crippen molar-refractivity contribution in [2.24, 2.45) is 0 Å². The summed E-state index contributed by atoms with van der Waals surface area (Å²) < 4.78 is -2.20. The van der Waals surface area contributed by atoms with Crippen molar-refractivity contribution in [3.63, 3.8) is 0 Å². The molecule has 2 aromatic rings. The number of benzene rings is 2. The largest absolute Gasteiger partial charge is 0.479 e. The van der Waals surface area contributed by atoms with Gasteiger partial charge in [0.2, 0.25) is 4.08 Å². The van der Waals surface area contributed by atoms with Gasteiger partial charge < -0.3 is 10.2 Å². The lowest BCUT2D eigenvalue weighted by Crippen LogP contribution is -2.44. The quantitative estimate of drug-likeness (QED) is 0.344. The van der Waals surface area contributed by atoms with Crippen LogP contribution >= 0.6 is 23.5 Å². The lowest BCUT2D eigenvalue weighted by molar-refractivity contribution is -0.153. The smallest absolute Gasteiger partial charge is 0.375 e. The molecule has 0 saturated heterocycles. The zero-order valence-electron chi connectivity index (χ0n) is 11.7. The van der Waals surface area contributed by atoms with E-state index in [4.69, 9.17) is 5.11 Å². The van der Waals surface area contributed by atoms with Crippen molar-refractivity contribution in [2.75, 3.05) is 0 Å². The van der Waals surface area contributed by atoms with Crippen molar-refractivity contribution in [3.8, 4) is 0 Å². The number of carbonyl (C=O) groups is 3. The molecule has 0 atom stereocenters. The Balaban J connectivity index is 2.48. The van der Waals surface area contributed by atoms with Crippen molar-refractivity contribution in [1.29, 1.82) is 0 Å². The second kappa shape index (κ2) is 7.34. The first-order valence-electron chi connectivity index (χ1n) is 6.45. The highest BCUT2D eigenvalue weighted by Crippen LogP contribution is 2.46. The number of carboxylic acid groups (broad SMARTS) is 2. The van der Waals surface area contributed by atoms with Gasteiger partial charge in [-0.15, -0.1) is 0 Å². The Morgan fingerprint density at radius 1 is 0.739 bits per heavy atom. The molecule has 0 heterocycles. The number of aliphatic carboxylic acids is 2. The van der Waals surface area contributed by atoms with Crippen LogP contribution in [0.15, 0.2) is 70.5 Å². The maximum absolute atomic E-state index is 12.2. The van der Waals surface area contributed by atoms with Crippen LogP contribution in [0.3, 0.4) is 0 Å². The van der Waals surface area contributed by atoms with Crippen molar-refractivity contribution in [1.82, 2.24) is 0 Å². The number of ketones is 1. The van der Waals surface area contributed by atoms with Gasteiger partial charge in [-0.2, -0.15) is 0 Å². The third-order valence-corrected chi connectivity index (χ3v) is 5.59. The minimum Gasteiger partial charge on any atom is -0.479 e. The van der Waals surface area contributed by atoms with E-state index in [-0.39, 0.29) is 0 Å². The number of hydrogen-bond acceptors (Lipinski definition) is 5. The van der Waals surface area contributed by atoms with Crippen molar-refractivity contribution >= 4 is 41.2 Å². The minimum absolute atomic E-state index is 0.493. The molecule has 0 bridgehead atoms. The molecule has 7 heteroatoms. The van der Waals surface area contributed by atoms with Gasteiger partial charge in [0.15, 0.2) is 0 Å². The van der Waals surface area contributed by atoms with Gasteiger partial charge in [0.25, 0.3) is 5.78 Å². The van der Waals surface area contributed by atoms with E-state index in [1.54, 1.807) is 60.7 Å². The van der Waals surface area contributed by atoms with Crippen LogP contribution in [0.1, 0.15) is 0 Å². The molecule has 2 rings (SSSR count). The Morgan fingerprint density at radius 3 is 1.43 bits per heavy atom. The molecule has 0 spiro atoms. The number of carbonyl (C=O) groups excluding carboxylic acids is 1. The maximum atomic E-state index is 12.2. The molecular weight excluding hydrogens is 336 g/mol. The fourth-order valence-electron chi connectivity index (χ4n) is 1.75. The summed E-state index contributed by atoms with van der Waals surface area (Å²) >= 11 is 1.42. The topological polar surface area (TPSA) is 91.7 Å². The fourth-order valence-corrected chi connectivity index (χ4v) is 4.28. The number of rotatable bonds is 7. The molecule has 0 aliphatic heterocycles. The first kappa shape index (κ1) is 17.1. The Morgan fingerprint density at radius 2 is 1.13 bits per heavy atom. The van der Waals surface area contributed by atoms with Gasteiger partial charge in [-0.25, -0.2) is 9.59 Å². The van der Waals surface area contributed by atoms with Gasteiger partial charge in [-0.1, -0.05) is 59.9 Å². The minimum atomic E-state index is -2.20. The average molecular weight is 348 g/mol. The lowest BCUT2D eigenvalue weighted by atomic mass is 10.3. The summed E-state index contributed by atoms with van der Waals surface area (Å²) in [5.74, 6) is -4.67. The van der Waals surface area contributed by atoms with Crippen LogP contribution in [0.5, 0.6) is 0 Å². The molecule has 2 N–H and O–H groups in total. The molecule has 118 valence electrons. The Kier molecular flexibility index (Phi) is 5.46. The molecule has 2 aromatic carbocycles. The summed E-state index contributed by atoms with van der Waals surface area (Å²) in [6, 6.07) is 16.8. The van der Waals surface area contributed by atoms with Crippen LogP contribution < -0.4 is 0 Å². The third-order valence-electron chi connectivity index (χ3n) is 2.78. The van der Waals surface area contributed by atoms with E-state index in [1.165, 1.54) is 0 Å². The van der Waals surface area contributed by atoms with Gasteiger partial charge in [-0.3, -0.25) is 4.79 Å². The zero-order chi connectivity index (χ0) is 16.9. The van der Waals surface area contributed by atoms with Crippen LogP contribution in [0, 0.1) is 0 Å². The number of Topliss-reactive ketones (excluding diaryl/α,β-unsaturated/α-hetero) is 1. The van der Waals surface area contributed by atoms with Crippen LogP contribution in [0.2, 0.25) is 0 Å². The predicted molar refractivity (Wildman–Crippen MR) is 87.6 cm³/mol. The summed E-state index contributed by atoms with van der Waals surface area (Å²) in [4.78, 5) is 36.2. The second-order valence-corrected chi connectivity index (χ2v) is 7.22. The normalized spacial score (nSPS) is 11.0. The van der Waals surface area contributed by atoms with Crippen LogP contribution in [0.25, 0.3) is 0 Å². The summed E-state index contributed by atoms with van der Waals surface area (Å²) in [6.45, 7) is 0. The molecule has 0 saturated carbocycles. The highest BCUT2D eigenvalue weighted by atomic mass is 32.2. The van der Waals surface area contributed by atoms with Gasteiger partial charge in [0.1, 0.15) is 0 Å². The van der Waals surface area contributed by atoms with E-state index in [0.29, 0.717) is 33.3 Å². The number of thioether (sulfide) groups is 2. The Labute approximate surface area is 140 Å². The van der Waals surface area contributed by atoms with Crippen LogP contribution in [0.4, 0.5) is 0 Å². The van der Waals surface area contributed by atoms with Gasteiger partial charge in [0.05, 0.1) is 0 Å². The fraction of sp³-hybridized carbons (Fsp3) is 0.0625. The van der Waals surface area contributed by atoms with Crippen LogP contribution in [-0.4, -0.2) is 32.0 Å². The maximum Gasteiger partial charge on any atom is 0.375 e. The third kappa shape index (κ3) is 3.94. The molecule has 0 aliphatic carbocycles. The molecule has 0 fully saturated rings. The highest BCUT2D eigenvalue weighted by molar-refractivity contribution is 8.20. The van der Waals surface area contributed by atoms with E-state index in [2.05, 4.69) is 0 Å². The number of hydrogen-bond donors (Lipinski definition) is 2. The zero-order valence-corrected chi connectivity index (χ0v) is 13.3. The molecule has 5 nitrogen and oxygen atoms in total. The van der Waals surface area contributed by atoms with Crippen molar-refractivity contribution in [3.05, 3.63) is 60.7 Å². The summed E-state index contributed by atoms with van der Waals surface area (Å²) in [5.41, 5.74) is 0. The summed E-state index contributed by atoms with van der Waals surface area (Å²) in [5, 5.41) is 18.7. The van der Waals surface area contributed by atoms with Crippen molar-refractivity contribution < 1.29 is 24.6 Å². The average Bonchev–Trinajstić information content (AvgIpc) is 2.55. The molecular formula is C16H12O5S2. The van der Waals surface area contributed by atoms with Gasteiger partial charge >= 0.3 is 11.9 Å². The van der Waals surface area contributed by atoms with Gasteiger partial charge in [0, 0.05) is 9.79 Å². The first-order valence-corrected chi connectivity index (χ1v) is 8.08.